The number of hydrogen-bond donors (Lipinski definition) is 0. The lowest BCUT2D eigenvalue weighted by molar-refractivity contribution is 0.0734. The Balaban J connectivity index is 1.63. The molecule has 0 radical (unpaired) electrons. The lowest BCUT2D eigenvalue weighted by atomic mass is 10.1. The molecule has 2 aromatic rings. The number of hydrogen-bond acceptors (Lipinski definition) is 3. The van der Waals surface area contributed by atoms with Gasteiger partial charge in [-0.3, -0.25) is 0 Å². The average molecular weight is 369 g/mol. The van der Waals surface area contributed by atoms with Crippen molar-refractivity contribution in [2.75, 3.05) is 6.61 Å². The van der Waals surface area contributed by atoms with E-state index in [9.17, 15) is 4.79 Å². The summed E-state index contributed by atoms with van der Waals surface area (Å²) in [5.41, 5.74) is 1.67. The minimum Gasteiger partial charge on any atom is -0.494 e. The van der Waals surface area contributed by atoms with Crippen molar-refractivity contribution in [1.29, 1.82) is 0 Å². The van der Waals surface area contributed by atoms with Crippen LogP contribution in [0.25, 0.3) is 0 Å². The van der Waals surface area contributed by atoms with Crippen LogP contribution in [-0.2, 0) is 0 Å². The molecule has 27 heavy (non-hydrogen) atoms. The van der Waals surface area contributed by atoms with Crippen molar-refractivity contribution in [2.45, 2.75) is 65.2 Å². The van der Waals surface area contributed by atoms with Gasteiger partial charge in [0.1, 0.15) is 11.5 Å². The number of unbranched alkanes of at least 4 members (excludes halogenated alkanes) is 7. The molecule has 0 unspecified atom stereocenters. The van der Waals surface area contributed by atoms with Gasteiger partial charge in [-0.1, -0.05) is 69.6 Å². The third-order valence-corrected chi connectivity index (χ3v) is 4.59. The number of aryl methyl sites for hydroxylation is 1. The molecule has 0 N–H and O–H groups in total. The molecule has 0 heterocycles. The van der Waals surface area contributed by atoms with E-state index in [1.165, 1.54) is 44.9 Å². The molecule has 0 fully saturated rings. The van der Waals surface area contributed by atoms with Crippen LogP contribution >= 0.6 is 0 Å². The maximum atomic E-state index is 12.1. The summed E-state index contributed by atoms with van der Waals surface area (Å²) in [5.74, 6) is 0.996. The number of rotatable bonds is 12. The minimum absolute atomic E-state index is 0.345. The van der Waals surface area contributed by atoms with Crippen LogP contribution in [0.15, 0.2) is 48.5 Å². The van der Waals surface area contributed by atoms with E-state index in [4.69, 9.17) is 9.47 Å². The quantitative estimate of drug-likeness (QED) is 0.236. The maximum Gasteiger partial charge on any atom is 0.343 e. The molecule has 0 aliphatic carbocycles. The molecule has 3 heteroatoms. The zero-order valence-corrected chi connectivity index (χ0v) is 16.7. The highest BCUT2D eigenvalue weighted by atomic mass is 16.5. The van der Waals surface area contributed by atoms with Crippen LogP contribution in [-0.4, -0.2) is 12.6 Å². The minimum atomic E-state index is -0.345. The number of carbonyl (C=O) groups is 1. The molecule has 0 aliphatic rings. The Hall–Kier alpha value is -2.29. The van der Waals surface area contributed by atoms with Gasteiger partial charge in [-0.15, -0.1) is 0 Å². The topological polar surface area (TPSA) is 35.5 Å². The van der Waals surface area contributed by atoms with Gasteiger partial charge < -0.3 is 9.47 Å². The third kappa shape index (κ3) is 8.29. The normalized spacial score (nSPS) is 10.6. The first-order valence-electron chi connectivity index (χ1n) is 10.2. The van der Waals surface area contributed by atoms with Gasteiger partial charge in [-0.05, 0) is 49.7 Å². The number of esters is 1. The van der Waals surface area contributed by atoms with Crippen LogP contribution in [0.3, 0.4) is 0 Å². The fourth-order valence-electron chi connectivity index (χ4n) is 2.89. The Kier molecular flexibility index (Phi) is 9.47. The highest BCUT2D eigenvalue weighted by Crippen LogP contribution is 2.19. The summed E-state index contributed by atoms with van der Waals surface area (Å²) >= 11 is 0. The monoisotopic (exact) mass is 368 g/mol. The van der Waals surface area contributed by atoms with Gasteiger partial charge in [0.25, 0.3) is 0 Å². The molecule has 0 saturated carbocycles. The first-order chi connectivity index (χ1) is 13.2. The predicted molar refractivity (Wildman–Crippen MR) is 111 cm³/mol. The largest absolute Gasteiger partial charge is 0.494 e. The predicted octanol–water partition coefficient (Wildman–Crippen LogP) is 6.73. The molecule has 146 valence electrons. The fraction of sp³-hybridized carbons (Fsp3) is 0.458. The summed E-state index contributed by atoms with van der Waals surface area (Å²) < 4.78 is 11.2. The van der Waals surface area contributed by atoms with Gasteiger partial charge in [0.15, 0.2) is 0 Å². The molecule has 0 atom stereocenters. The molecule has 0 amide bonds. The Morgan fingerprint density at radius 1 is 0.741 bits per heavy atom. The van der Waals surface area contributed by atoms with Gasteiger partial charge in [0.2, 0.25) is 0 Å². The van der Waals surface area contributed by atoms with E-state index in [0.29, 0.717) is 11.3 Å². The summed E-state index contributed by atoms with van der Waals surface area (Å²) in [6.45, 7) is 4.97. The van der Waals surface area contributed by atoms with Crippen molar-refractivity contribution in [1.82, 2.24) is 0 Å². The van der Waals surface area contributed by atoms with Crippen molar-refractivity contribution < 1.29 is 14.3 Å². The summed E-state index contributed by atoms with van der Waals surface area (Å²) in [6, 6.07) is 14.6. The smallest absolute Gasteiger partial charge is 0.343 e. The van der Waals surface area contributed by atoms with Gasteiger partial charge in [-0.25, -0.2) is 4.79 Å². The van der Waals surface area contributed by atoms with Crippen LogP contribution in [0.1, 0.15) is 74.2 Å². The summed E-state index contributed by atoms with van der Waals surface area (Å²) in [6.07, 6.45) is 10.3. The zero-order chi connectivity index (χ0) is 19.3. The van der Waals surface area contributed by atoms with Crippen LogP contribution < -0.4 is 9.47 Å². The van der Waals surface area contributed by atoms with Crippen LogP contribution in [0, 0.1) is 6.92 Å². The second-order valence-corrected chi connectivity index (χ2v) is 7.05. The molecule has 2 aromatic carbocycles. The summed E-state index contributed by atoms with van der Waals surface area (Å²) in [5, 5.41) is 0. The number of carbonyl (C=O) groups excluding carboxylic acids is 1. The molecular formula is C24H32O3. The highest BCUT2D eigenvalue weighted by Gasteiger charge is 2.08. The molecule has 0 aliphatic heterocycles. The van der Waals surface area contributed by atoms with Gasteiger partial charge in [-0.2, -0.15) is 0 Å². The Bertz CT molecular complexity index is 659. The van der Waals surface area contributed by atoms with Crippen molar-refractivity contribution in [2.24, 2.45) is 0 Å². The van der Waals surface area contributed by atoms with Crippen molar-refractivity contribution in [3.8, 4) is 11.5 Å². The second kappa shape index (κ2) is 12.2. The van der Waals surface area contributed by atoms with Crippen LogP contribution in [0.5, 0.6) is 11.5 Å². The Morgan fingerprint density at radius 3 is 1.93 bits per heavy atom. The molecule has 0 saturated heterocycles. The summed E-state index contributed by atoms with van der Waals surface area (Å²) in [7, 11) is 0. The lowest BCUT2D eigenvalue weighted by Gasteiger charge is -2.08. The first kappa shape index (κ1) is 21.0. The Morgan fingerprint density at radius 2 is 1.30 bits per heavy atom. The fourth-order valence-corrected chi connectivity index (χ4v) is 2.89. The van der Waals surface area contributed by atoms with E-state index in [1.54, 1.807) is 24.3 Å². The van der Waals surface area contributed by atoms with Gasteiger partial charge >= 0.3 is 5.97 Å². The number of ether oxygens (including phenoxy) is 2. The van der Waals surface area contributed by atoms with E-state index in [1.807, 2.05) is 31.2 Å². The molecule has 0 bridgehead atoms. The van der Waals surface area contributed by atoms with Crippen LogP contribution in [0.4, 0.5) is 0 Å². The molecule has 2 rings (SSSR count). The standard InChI is InChI=1S/C24H32O3/c1-3-4-5-6-7-8-9-10-19-26-22-15-17-23(18-16-22)27-24(25)21-13-11-20(2)12-14-21/h11-18H,3-10,19H2,1-2H3. The average Bonchev–Trinajstić information content (AvgIpc) is 2.68. The molecule has 0 aromatic heterocycles. The lowest BCUT2D eigenvalue weighted by Crippen LogP contribution is -2.08. The number of benzene rings is 2. The van der Waals surface area contributed by atoms with Crippen molar-refractivity contribution in [3.63, 3.8) is 0 Å². The second-order valence-electron chi connectivity index (χ2n) is 7.05. The van der Waals surface area contributed by atoms with Gasteiger partial charge in [0, 0.05) is 0 Å². The van der Waals surface area contributed by atoms with E-state index >= 15 is 0 Å². The van der Waals surface area contributed by atoms with Gasteiger partial charge in [0.05, 0.1) is 12.2 Å². The van der Waals surface area contributed by atoms with E-state index in [-0.39, 0.29) is 5.97 Å². The SMILES string of the molecule is CCCCCCCCCCOc1ccc(OC(=O)c2ccc(C)cc2)cc1. The van der Waals surface area contributed by atoms with E-state index < -0.39 is 0 Å². The first-order valence-corrected chi connectivity index (χ1v) is 10.2. The van der Waals surface area contributed by atoms with Crippen molar-refractivity contribution >= 4 is 5.97 Å². The van der Waals surface area contributed by atoms with E-state index in [2.05, 4.69) is 6.92 Å². The Labute approximate surface area is 163 Å². The molecule has 3 nitrogen and oxygen atoms in total. The third-order valence-electron chi connectivity index (χ3n) is 4.59. The van der Waals surface area contributed by atoms with E-state index in [0.717, 1.165) is 24.3 Å². The highest BCUT2D eigenvalue weighted by molar-refractivity contribution is 5.91. The van der Waals surface area contributed by atoms with Crippen LogP contribution in [0.2, 0.25) is 0 Å². The van der Waals surface area contributed by atoms with Crippen molar-refractivity contribution in [3.05, 3.63) is 59.7 Å². The zero-order valence-electron chi connectivity index (χ0n) is 16.7. The molecular weight excluding hydrogens is 336 g/mol. The summed E-state index contributed by atoms with van der Waals surface area (Å²) in [4.78, 5) is 12.1. The maximum absolute atomic E-state index is 12.1. The molecule has 0 spiro atoms.